The molecular weight excluding hydrogens is 330 g/mol. The van der Waals surface area contributed by atoms with Crippen molar-refractivity contribution in [3.63, 3.8) is 0 Å². The van der Waals surface area contributed by atoms with Crippen LogP contribution in [-0.2, 0) is 0 Å². The standard InChI is InChI=1S/C17H14F2N4S/c18-12-4-3-5-13(19)15(12)11-7-9-23(10-11)17-22-21-16(24-17)14-6-1-2-8-20-14/h1-6,8,11H,7,9-10H2. The van der Waals surface area contributed by atoms with Crippen molar-refractivity contribution in [2.45, 2.75) is 12.3 Å². The van der Waals surface area contributed by atoms with Crippen LogP contribution in [0.1, 0.15) is 17.9 Å². The quantitative estimate of drug-likeness (QED) is 0.723. The average molecular weight is 344 g/mol. The van der Waals surface area contributed by atoms with Gasteiger partial charge in [0.2, 0.25) is 5.13 Å². The van der Waals surface area contributed by atoms with Crippen LogP contribution in [-0.4, -0.2) is 28.3 Å². The van der Waals surface area contributed by atoms with E-state index in [1.807, 2.05) is 23.1 Å². The summed E-state index contributed by atoms with van der Waals surface area (Å²) >= 11 is 1.44. The molecule has 7 heteroatoms. The molecule has 0 N–H and O–H groups in total. The summed E-state index contributed by atoms with van der Waals surface area (Å²) in [6.07, 6.45) is 2.40. The van der Waals surface area contributed by atoms with Gasteiger partial charge in [0.15, 0.2) is 5.01 Å². The number of nitrogens with zero attached hydrogens (tertiary/aromatic N) is 4. The average Bonchev–Trinajstić information content (AvgIpc) is 3.25. The Morgan fingerprint density at radius 3 is 2.62 bits per heavy atom. The molecule has 0 saturated carbocycles. The maximum Gasteiger partial charge on any atom is 0.208 e. The van der Waals surface area contributed by atoms with Crippen LogP contribution in [0.25, 0.3) is 10.7 Å². The fourth-order valence-corrected chi connectivity index (χ4v) is 3.86. The number of rotatable bonds is 3. The van der Waals surface area contributed by atoms with Crippen molar-refractivity contribution < 1.29 is 8.78 Å². The van der Waals surface area contributed by atoms with E-state index in [0.717, 1.165) is 15.8 Å². The van der Waals surface area contributed by atoms with Crippen molar-refractivity contribution in [3.05, 3.63) is 59.8 Å². The third-order valence-electron chi connectivity index (χ3n) is 4.17. The molecule has 1 aliphatic rings. The summed E-state index contributed by atoms with van der Waals surface area (Å²) in [7, 11) is 0. The van der Waals surface area contributed by atoms with Crippen LogP contribution in [0.2, 0.25) is 0 Å². The minimum absolute atomic E-state index is 0.173. The molecule has 0 spiro atoms. The predicted molar refractivity (Wildman–Crippen MR) is 89.1 cm³/mol. The Labute approximate surface area is 141 Å². The maximum absolute atomic E-state index is 14.0. The molecule has 1 unspecified atom stereocenters. The highest BCUT2D eigenvalue weighted by atomic mass is 32.1. The van der Waals surface area contributed by atoms with Gasteiger partial charge in [0.1, 0.15) is 17.3 Å². The van der Waals surface area contributed by atoms with Gasteiger partial charge in [0, 0.05) is 30.8 Å². The number of aromatic nitrogens is 3. The first-order valence-electron chi connectivity index (χ1n) is 7.66. The van der Waals surface area contributed by atoms with Crippen molar-refractivity contribution in [1.29, 1.82) is 0 Å². The third kappa shape index (κ3) is 2.75. The molecule has 1 fully saturated rings. The highest BCUT2D eigenvalue weighted by molar-refractivity contribution is 7.18. The summed E-state index contributed by atoms with van der Waals surface area (Å²) in [4.78, 5) is 6.29. The van der Waals surface area contributed by atoms with Gasteiger partial charge < -0.3 is 4.90 Å². The number of pyridine rings is 1. The first kappa shape index (κ1) is 15.1. The normalized spacial score (nSPS) is 17.4. The first-order chi connectivity index (χ1) is 11.7. The van der Waals surface area contributed by atoms with Gasteiger partial charge >= 0.3 is 0 Å². The molecule has 0 aliphatic carbocycles. The Kier molecular flexibility index (Phi) is 3.93. The smallest absolute Gasteiger partial charge is 0.208 e. The molecule has 4 rings (SSSR count). The third-order valence-corrected chi connectivity index (χ3v) is 5.17. The van der Waals surface area contributed by atoms with E-state index < -0.39 is 11.6 Å². The Hall–Kier alpha value is -2.41. The topological polar surface area (TPSA) is 41.9 Å². The lowest BCUT2D eigenvalue weighted by molar-refractivity contribution is 0.533. The van der Waals surface area contributed by atoms with Crippen LogP contribution in [0.4, 0.5) is 13.9 Å². The summed E-state index contributed by atoms with van der Waals surface area (Å²) in [5.74, 6) is -1.13. The van der Waals surface area contributed by atoms with E-state index >= 15 is 0 Å². The van der Waals surface area contributed by atoms with Gasteiger partial charge in [-0.1, -0.05) is 23.5 Å². The second-order valence-electron chi connectivity index (χ2n) is 5.67. The van der Waals surface area contributed by atoms with Crippen molar-refractivity contribution >= 4 is 16.5 Å². The molecule has 3 heterocycles. The van der Waals surface area contributed by atoms with E-state index in [0.29, 0.717) is 19.5 Å². The summed E-state index contributed by atoms with van der Waals surface area (Å²) in [5, 5.41) is 9.90. The summed E-state index contributed by atoms with van der Waals surface area (Å²) in [6, 6.07) is 9.64. The van der Waals surface area contributed by atoms with Crippen molar-refractivity contribution in [3.8, 4) is 10.7 Å². The first-order valence-corrected chi connectivity index (χ1v) is 8.48. The molecular formula is C17H14F2N4S. The van der Waals surface area contributed by atoms with E-state index in [4.69, 9.17) is 0 Å². The summed E-state index contributed by atoms with van der Waals surface area (Å²) < 4.78 is 27.9. The zero-order valence-corrected chi connectivity index (χ0v) is 13.5. The lowest BCUT2D eigenvalue weighted by atomic mass is 9.97. The summed E-state index contributed by atoms with van der Waals surface area (Å²) in [6.45, 7) is 1.24. The molecule has 3 aromatic rings. The fraction of sp³-hybridized carbons (Fsp3) is 0.235. The predicted octanol–water partition coefficient (Wildman–Crippen LogP) is 3.87. The van der Waals surface area contributed by atoms with Crippen LogP contribution < -0.4 is 4.90 Å². The molecule has 4 nitrogen and oxygen atoms in total. The van der Waals surface area contributed by atoms with E-state index in [1.165, 1.54) is 29.5 Å². The van der Waals surface area contributed by atoms with Crippen LogP contribution in [0, 0.1) is 11.6 Å². The van der Waals surface area contributed by atoms with E-state index in [1.54, 1.807) is 6.20 Å². The number of benzene rings is 1. The summed E-state index contributed by atoms with van der Waals surface area (Å²) in [5.41, 5.74) is 0.951. The van der Waals surface area contributed by atoms with Crippen LogP contribution in [0.15, 0.2) is 42.6 Å². The second-order valence-corrected chi connectivity index (χ2v) is 6.63. The highest BCUT2D eigenvalue weighted by Crippen LogP contribution is 2.35. The van der Waals surface area contributed by atoms with Gasteiger partial charge in [-0.2, -0.15) is 0 Å². The van der Waals surface area contributed by atoms with Gasteiger partial charge in [-0.05, 0) is 30.7 Å². The molecule has 1 aromatic carbocycles. The number of halogens is 2. The molecule has 122 valence electrons. The molecule has 0 radical (unpaired) electrons. The molecule has 0 amide bonds. The molecule has 0 bridgehead atoms. The maximum atomic E-state index is 14.0. The highest BCUT2D eigenvalue weighted by Gasteiger charge is 2.30. The van der Waals surface area contributed by atoms with Gasteiger partial charge in [0.25, 0.3) is 0 Å². The van der Waals surface area contributed by atoms with Crippen LogP contribution in [0.3, 0.4) is 0 Å². The Bertz CT molecular complexity index is 833. The van der Waals surface area contributed by atoms with E-state index in [-0.39, 0.29) is 11.5 Å². The molecule has 2 aromatic heterocycles. The fourth-order valence-electron chi connectivity index (χ4n) is 3.01. The van der Waals surface area contributed by atoms with Crippen molar-refractivity contribution in [1.82, 2.24) is 15.2 Å². The minimum atomic E-state index is -0.478. The van der Waals surface area contributed by atoms with Crippen LogP contribution >= 0.6 is 11.3 Å². The minimum Gasteiger partial charge on any atom is -0.346 e. The number of hydrogen-bond acceptors (Lipinski definition) is 5. The van der Waals surface area contributed by atoms with Crippen molar-refractivity contribution in [2.75, 3.05) is 18.0 Å². The molecule has 24 heavy (non-hydrogen) atoms. The molecule has 1 saturated heterocycles. The Morgan fingerprint density at radius 2 is 1.88 bits per heavy atom. The van der Waals surface area contributed by atoms with Gasteiger partial charge in [-0.15, -0.1) is 10.2 Å². The zero-order valence-electron chi connectivity index (χ0n) is 12.7. The number of hydrogen-bond donors (Lipinski definition) is 0. The number of anilines is 1. The van der Waals surface area contributed by atoms with Gasteiger partial charge in [-0.25, -0.2) is 8.78 Å². The van der Waals surface area contributed by atoms with Gasteiger partial charge in [-0.3, -0.25) is 4.98 Å². The molecule has 1 aliphatic heterocycles. The second kappa shape index (κ2) is 6.24. The van der Waals surface area contributed by atoms with Crippen molar-refractivity contribution in [2.24, 2.45) is 0 Å². The molecule has 1 atom stereocenters. The van der Waals surface area contributed by atoms with E-state index in [2.05, 4.69) is 15.2 Å². The monoisotopic (exact) mass is 344 g/mol. The lowest BCUT2D eigenvalue weighted by Crippen LogP contribution is -2.19. The van der Waals surface area contributed by atoms with Gasteiger partial charge in [0.05, 0.1) is 0 Å². The zero-order chi connectivity index (χ0) is 16.5. The van der Waals surface area contributed by atoms with Crippen LogP contribution in [0.5, 0.6) is 0 Å². The largest absolute Gasteiger partial charge is 0.346 e. The lowest BCUT2D eigenvalue weighted by Gasteiger charge is -2.15. The van der Waals surface area contributed by atoms with E-state index in [9.17, 15) is 8.78 Å². The Balaban J connectivity index is 1.55. The SMILES string of the molecule is Fc1cccc(F)c1C1CCN(c2nnc(-c3ccccn3)s2)C1. The Morgan fingerprint density at radius 1 is 1.04 bits per heavy atom.